The molecule has 23 heavy (non-hydrogen) atoms. The van der Waals surface area contributed by atoms with Gasteiger partial charge in [-0.1, -0.05) is 19.8 Å². The van der Waals surface area contributed by atoms with Gasteiger partial charge in [-0.05, 0) is 52.9 Å². The summed E-state index contributed by atoms with van der Waals surface area (Å²) in [6, 6.07) is 0.825. The second-order valence-corrected chi connectivity index (χ2v) is 8.14. The molecule has 0 saturated heterocycles. The van der Waals surface area contributed by atoms with E-state index >= 15 is 0 Å². The maximum atomic E-state index is 12.0. The summed E-state index contributed by atoms with van der Waals surface area (Å²) < 4.78 is 11.2. The van der Waals surface area contributed by atoms with Crippen LogP contribution < -0.4 is 10.6 Å². The second kappa shape index (κ2) is 7.84. The van der Waals surface area contributed by atoms with Crippen LogP contribution >= 0.6 is 0 Å². The van der Waals surface area contributed by atoms with Gasteiger partial charge in [-0.15, -0.1) is 0 Å². The summed E-state index contributed by atoms with van der Waals surface area (Å²) in [6.07, 6.45) is 5.77. The zero-order chi connectivity index (χ0) is 17.0. The van der Waals surface area contributed by atoms with Gasteiger partial charge in [-0.3, -0.25) is 0 Å². The van der Waals surface area contributed by atoms with Gasteiger partial charge >= 0.3 is 6.09 Å². The first-order chi connectivity index (χ1) is 10.8. The minimum absolute atomic E-state index is 0.0960. The van der Waals surface area contributed by atoms with E-state index in [-0.39, 0.29) is 24.3 Å². The van der Waals surface area contributed by atoms with Gasteiger partial charge in [0.05, 0.1) is 18.2 Å². The van der Waals surface area contributed by atoms with Crippen molar-refractivity contribution in [3.05, 3.63) is 0 Å². The van der Waals surface area contributed by atoms with Crippen molar-refractivity contribution in [1.82, 2.24) is 10.6 Å². The van der Waals surface area contributed by atoms with Crippen molar-refractivity contribution in [3.8, 4) is 0 Å². The summed E-state index contributed by atoms with van der Waals surface area (Å²) in [5.74, 6) is 0.782. The van der Waals surface area contributed by atoms with Gasteiger partial charge < -0.3 is 20.1 Å². The first-order valence-corrected chi connectivity index (χ1v) is 9.15. The lowest BCUT2D eigenvalue weighted by atomic mass is 9.80. The average molecular weight is 326 g/mol. The maximum absolute atomic E-state index is 12.0. The number of hydrogen-bond donors (Lipinski definition) is 2. The van der Waals surface area contributed by atoms with E-state index < -0.39 is 5.60 Å². The van der Waals surface area contributed by atoms with Gasteiger partial charge in [-0.25, -0.2) is 4.79 Å². The lowest BCUT2D eigenvalue weighted by Crippen LogP contribution is -2.68. The lowest BCUT2D eigenvalue weighted by Gasteiger charge is -2.47. The van der Waals surface area contributed by atoms with Crippen LogP contribution in [0.1, 0.15) is 66.7 Å². The average Bonchev–Trinajstić information content (AvgIpc) is 2.42. The fourth-order valence-electron chi connectivity index (χ4n) is 3.68. The molecule has 5 heteroatoms. The van der Waals surface area contributed by atoms with E-state index in [4.69, 9.17) is 9.47 Å². The molecule has 134 valence electrons. The Kier molecular flexibility index (Phi) is 6.32. The smallest absolute Gasteiger partial charge is 0.407 e. The van der Waals surface area contributed by atoms with Gasteiger partial charge in [0.15, 0.2) is 0 Å². The normalized spacial score (nSPS) is 34.6. The zero-order valence-corrected chi connectivity index (χ0v) is 15.4. The monoisotopic (exact) mass is 326 g/mol. The van der Waals surface area contributed by atoms with Crippen LogP contribution in [0.5, 0.6) is 0 Å². The number of nitrogens with one attached hydrogen (secondary N) is 2. The molecule has 5 unspecified atom stereocenters. The van der Waals surface area contributed by atoms with Crippen LogP contribution in [0.4, 0.5) is 4.79 Å². The van der Waals surface area contributed by atoms with Crippen LogP contribution in [-0.4, -0.2) is 42.5 Å². The zero-order valence-electron chi connectivity index (χ0n) is 15.4. The molecule has 5 nitrogen and oxygen atoms in total. The minimum atomic E-state index is -0.463. The quantitative estimate of drug-likeness (QED) is 0.814. The van der Waals surface area contributed by atoms with E-state index in [1.165, 1.54) is 25.7 Å². The molecule has 0 heterocycles. The number of alkyl carbamates (subject to hydrolysis) is 1. The molecule has 0 aromatic carbocycles. The third-order valence-electron chi connectivity index (χ3n) is 4.77. The van der Waals surface area contributed by atoms with Gasteiger partial charge in [0.2, 0.25) is 0 Å². The van der Waals surface area contributed by atoms with Gasteiger partial charge in [0.1, 0.15) is 5.60 Å². The molecule has 0 radical (unpaired) electrons. The molecule has 0 aromatic heterocycles. The molecule has 2 saturated carbocycles. The molecule has 2 N–H and O–H groups in total. The third kappa shape index (κ3) is 5.64. The Morgan fingerprint density at radius 2 is 1.96 bits per heavy atom. The largest absolute Gasteiger partial charge is 0.444 e. The molecule has 2 aliphatic rings. The Hall–Kier alpha value is -0.810. The maximum Gasteiger partial charge on any atom is 0.407 e. The summed E-state index contributed by atoms with van der Waals surface area (Å²) in [6.45, 7) is 10.7. The minimum Gasteiger partial charge on any atom is -0.444 e. The predicted molar refractivity (Wildman–Crippen MR) is 91.5 cm³/mol. The van der Waals surface area contributed by atoms with Crippen LogP contribution in [0.15, 0.2) is 0 Å². The standard InChI is InChI=1S/C18H34N2O3/c1-6-22-15-11-14(20-17(21)23-18(3,4)5)16(15)19-13-9-7-8-12(2)10-13/h12-16,19H,6-11H2,1-5H3,(H,20,21). The van der Waals surface area contributed by atoms with Gasteiger partial charge in [0.25, 0.3) is 0 Å². The van der Waals surface area contributed by atoms with E-state index in [2.05, 4.69) is 17.6 Å². The van der Waals surface area contributed by atoms with Crippen molar-refractivity contribution in [3.63, 3.8) is 0 Å². The summed E-state index contributed by atoms with van der Waals surface area (Å²) >= 11 is 0. The molecular formula is C18H34N2O3. The Labute approximate surface area is 140 Å². The van der Waals surface area contributed by atoms with E-state index in [9.17, 15) is 4.79 Å². The highest BCUT2D eigenvalue weighted by Crippen LogP contribution is 2.29. The number of rotatable bonds is 5. The summed E-state index contributed by atoms with van der Waals surface area (Å²) in [5, 5.41) is 6.75. The van der Waals surface area contributed by atoms with Crippen LogP contribution in [0.3, 0.4) is 0 Å². The highest BCUT2D eigenvalue weighted by atomic mass is 16.6. The molecule has 0 bridgehead atoms. The van der Waals surface area contributed by atoms with E-state index in [0.29, 0.717) is 12.6 Å². The fraction of sp³-hybridized carbons (Fsp3) is 0.944. The molecule has 1 amide bonds. The Balaban J connectivity index is 1.87. The molecule has 0 aromatic rings. The SMILES string of the molecule is CCOC1CC(NC(=O)OC(C)(C)C)C1NC1CCCC(C)C1. The first kappa shape index (κ1) is 18.5. The Morgan fingerprint density at radius 3 is 2.57 bits per heavy atom. The van der Waals surface area contributed by atoms with Crippen molar-refractivity contribution in [2.45, 2.75) is 96.6 Å². The summed E-state index contributed by atoms with van der Waals surface area (Å²) in [5.41, 5.74) is -0.463. The van der Waals surface area contributed by atoms with Crippen LogP contribution in [-0.2, 0) is 9.47 Å². The predicted octanol–water partition coefficient (Wildman–Crippen LogP) is 3.23. The van der Waals surface area contributed by atoms with Crippen molar-refractivity contribution < 1.29 is 14.3 Å². The third-order valence-corrected chi connectivity index (χ3v) is 4.77. The van der Waals surface area contributed by atoms with Crippen LogP contribution in [0.25, 0.3) is 0 Å². The molecular weight excluding hydrogens is 292 g/mol. The summed E-state index contributed by atoms with van der Waals surface area (Å²) in [4.78, 5) is 12.0. The molecule has 2 rings (SSSR count). The number of carbonyl (C=O) groups excluding carboxylic acids is 1. The molecule has 2 aliphatic carbocycles. The first-order valence-electron chi connectivity index (χ1n) is 9.15. The Bertz CT molecular complexity index is 394. The van der Waals surface area contributed by atoms with E-state index in [0.717, 1.165) is 12.3 Å². The molecule has 5 atom stereocenters. The van der Waals surface area contributed by atoms with E-state index in [1.54, 1.807) is 0 Å². The number of amides is 1. The highest BCUT2D eigenvalue weighted by molar-refractivity contribution is 5.68. The van der Waals surface area contributed by atoms with Crippen molar-refractivity contribution in [1.29, 1.82) is 0 Å². The Morgan fingerprint density at radius 1 is 1.22 bits per heavy atom. The fourth-order valence-corrected chi connectivity index (χ4v) is 3.68. The molecule has 2 fully saturated rings. The van der Waals surface area contributed by atoms with E-state index in [1.807, 2.05) is 27.7 Å². The second-order valence-electron chi connectivity index (χ2n) is 8.14. The highest BCUT2D eigenvalue weighted by Gasteiger charge is 2.44. The van der Waals surface area contributed by atoms with Crippen molar-refractivity contribution in [2.75, 3.05) is 6.61 Å². The van der Waals surface area contributed by atoms with Crippen LogP contribution in [0, 0.1) is 5.92 Å². The topological polar surface area (TPSA) is 59.6 Å². The lowest BCUT2D eigenvalue weighted by molar-refractivity contribution is -0.0484. The molecule has 0 spiro atoms. The molecule has 0 aliphatic heterocycles. The van der Waals surface area contributed by atoms with Crippen molar-refractivity contribution >= 4 is 6.09 Å². The van der Waals surface area contributed by atoms with Gasteiger partial charge in [-0.2, -0.15) is 0 Å². The van der Waals surface area contributed by atoms with Crippen LogP contribution in [0.2, 0.25) is 0 Å². The van der Waals surface area contributed by atoms with Crippen molar-refractivity contribution in [2.24, 2.45) is 5.92 Å². The summed E-state index contributed by atoms with van der Waals surface area (Å²) in [7, 11) is 0. The number of hydrogen-bond acceptors (Lipinski definition) is 4. The number of carbonyl (C=O) groups is 1. The van der Waals surface area contributed by atoms with Gasteiger partial charge in [0, 0.05) is 12.6 Å². The number of ether oxygens (including phenoxy) is 2.